The van der Waals surface area contributed by atoms with Gasteiger partial charge in [-0.15, -0.1) is 0 Å². The summed E-state index contributed by atoms with van der Waals surface area (Å²) in [6, 6.07) is 15.9. The summed E-state index contributed by atoms with van der Waals surface area (Å²) < 4.78 is 10.8. The Kier molecular flexibility index (Phi) is 9.15. The molecule has 31 heavy (non-hydrogen) atoms. The molecule has 168 valence electrons. The van der Waals surface area contributed by atoms with Crippen LogP contribution in [0.4, 0.5) is 5.69 Å². The molecule has 1 aliphatic heterocycles. The lowest BCUT2D eigenvalue weighted by Gasteiger charge is -2.35. The minimum Gasteiger partial charge on any atom is -0.495 e. The molecule has 1 N–H and O–H groups in total. The van der Waals surface area contributed by atoms with Crippen LogP contribution in [-0.4, -0.2) is 68.3 Å². The van der Waals surface area contributed by atoms with Crippen molar-refractivity contribution in [2.24, 2.45) is 0 Å². The molecule has 1 atom stereocenters. The van der Waals surface area contributed by atoms with E-state index in [1.165, 1.54) is 5.56 Å². The summed E-state index contributed by atoms with van der Waals surface area (Å²) in [6.45, 7) is 8.15. The van der Waals surface area contributed by atoms with Crippen LogP contribution in [0.1, 0.15) is 18.9 Å². The van der Waals surface area contributed by atoms with Crippen LogP contribution in [0.3, 0.4) is 0 Å². The number of carbonyl (C=O) groups excluding carboxylic acids is 1. The number of methoxy groups -OCH3 is 1. The maximum absolute atomic E-state index is 12.7. The zero-order valence-corrected chi connectivity index (χ0v) is 19.1. The predicted octanol–water partition coefficient (Wildman–Crippen LogP) is 3.90. The van der Waals surface area contributed by atoms with Crippen molar-refractivity contribution in [3.63, 3.8) is 0 Å². The van der Waals surface area contributed by atoms with Gasteiger partial charge in [-0.1, -0.05) is 41.9 Å². The number of nitrogens with one attached hydrogen (secondary N) is 1. The van der Waals surface area contributed by atoms with Gasteiger partial charge < -0.3 is 14.8 Å². The molecule has 0 radical (unpaired) electrons. The second kappa shape index (κ2) is 12.1. The first kappa shape index (κ1) is 23.5. The number of halogens is 1. The molecule has 1 amide bonds. The summed E-state index contributed by atoms with van der Waals surface area (Å²) in [5, 5.41) is 3.50. The first-order chi connectivity index (χ1) is 15.0. The first-order valence-corrected chi connectivity index (χ1v) is 11.1. The van der Waals surface area contributed by atoms with Gasteiger partial charge in [0, 0.05) is 50.2 Å². The minimum atomic E-state index is -0.0581. The van der Waals surface area contributed by atoms with E-state index in [4.69, 9.17) is 21.1 Å². The molecular weight excluding hydrogens is 414 g/mol. The molecule has 7 heteroatoms. The zero-order chi connectivity index (χ0) is 22.1. The molecule has 6 nitrogen and oxygen atoms in total. The summed E-state index contributed by atoms with van der Waals surface area (Å²) in [4.78, 5) is 17.5. The van der Waals surface area contributed by atoms with Crippen molar-refractivity contribution in [1.82, 2.24) is 9.80 Å². The summed E-state index contributed by atoms with van der Waals surface area (Å²) in [6.07, 6.45) is 0.385. The molecule has 0 saturated carbocycles. The number of hydrogen-bond donors (Lipinski definition) is 1. The molecule has 1 aliphatic rings. The Morgan fingerprint density at radius 2 is 1.97 bits per heavy atom. The monoisotopic (exact) mass is 445 g/mol. The van der Waals surface area contributed by atoms with E-state index in [0.717, 1.165) is 39.4 Å². The topological polar surface area (TPSA) is 54.0 Å². The van der Waals surface area contributed by atoms with Gasteiger partial charge in [-0.05, 0) is 30.7 Å². The lowest BCUT2D eigenvalue weighted by Crippen LogP contribution is -2.46. The second-order valence-electron chi connectivity index (χ2n) is 7.86. The molecule has 2 aromatic carbocycles. The van der Waals surface area contributed by atoms with Crippen LogP contribution in [-0.2, 0) is 16.1 Å². The lowest BCUT2D eigenvalue weighted by atomic mass is 10.1. The molecular formula is C24H32ClN3O3. The van der Waals surface area contributed by atoms with Gasteiger partial charge >= 0.3 is 0 Å². The third-order valence-corrected chi connectivity index (χ3v) is 5.77. The molecule has 0 aromatic heterocycles. The van der Waals surface area contributed by atoms with E-state index in [9.17, 15) is 4.79 Å². The van der Waals surface area contributed by atoms with Crippen LogP contribution in [0.15, 0.2) is 48.5 Å². The lowest BCUT2D eigenvalue weighted by molar-refractivity contribution is -0.116. The van der Waals surface area contributed by atoms with Crippen LogP contribution in [0, 0.1) is 0 Å². The highest BCUT2D eigenvalue weighted by molar-refractivity contribution is 6.31. The van der Waals surface area contributed by atoms with Gasteiger partial charge in [0.05, 0.1) is 26.0 Å². The van der Waals surface area contributed by atoms with Crippen molar-refractivity contribution in [2.75, 3.05) is 51.8 Å². The van der Waals surface area contributed by atoms with E-state index in [0.29, 0.717) is 35.5 Å². The van der Waals surface area contributed by atoms with Crippen molar-refractivity contribution in [2.45, 2.75) is 25.9 Å². The molecule has 1 unspecified atom stereocenters. The molecule has 3 rings (SSSR count). The van der Waals surface area contributed by atoms with Gasteiger partial charge in [0.15, 0.2) is 0 Å². The molecule has 0 aliphatic carbocycles. The molecule has 1 fully saturated rings. The van der Waals surface area contributed by atoms with Gasteiger partial charge in [-0.3, -0.25) is 14.6 Å². The average Bonchev–Trinajstić information content (AvgIpc) is 2.78. The molecule has 1 heterocycles. The Balaban J connectivity index is 1.61. The SMILES string of the molecule is COc1ccc(Cl)cc1NC(=O)CCN(Cc1ccccc1)C(C)CN1CCOCC1. The predicted molar refractivity (Wildman–Crippen MR) is 125 cm³/mol. The third kappa shape index (κ3) is 7.51. The molecule has 0 spiro atoms. The average molecular weight is 446 g/mol. The summed E-state index contributed by atoms with van der Waals surface area (Å²) in [7, 11) is 1.58. The van der Waals surface area contributed by atoms with Gasteiger partial charge in [-0.2, -0.15) is 0 Å². The fourth-order valence-corrected chi connectivity index (χ4v) is 3.95. The Bertz CT molecular complexity index is 828. The van der Waals surface area contributed by atoms with Crippen molar-refractivity contribution in [3.05, 3.63) is 59.1 Å². The van der Waals surface area contributed by atoms with Gasteiger partial charge in [0.25, 0.3) is 0 Å². The summed E-state index contributed by atoms with van der Waals surface area (Å²) in [5.74, 6) is 0.539. The number of nitrogens with zero attached hydrogens (tertiary/aromatic N) is 2. The number of benzene rings is 2. The van der Waals surface area contributed by atoms with Crippen molar-refractivity contribution in [3.8, 4) is 5.75 Å². The van der Waals surface area contributed by atoms with E-state index >= 15 is 0 Å². The normalized spacial score (nSPS) is 15.6. The number of ether oxygens (including phenoxy) is 2. The molecule has 1 saturated heterocycles. The van der Waals surface area contributed by atoms with Crippen LogP contribution < -0.4 is 10.1 Å². The fraction of sp³-hybridized carbons (Fsp3) is 0.458. The number of amides is 1. The maximum Gasteiger partial charge on any atom is 0.225 e. The largest absolute Gasteiger partial charge is 0.495 e. The van der Waals surface area contributed by atoms with Crippen molar-refractivity contribution >= 4 is 23.2 Å². The highest BCUT2D eigenvalue weighted by atomic mass is 35.5. The number of hydrogen-bond acceptors (Lipinski definition) is 5. The van der Waals surface area contributed by atoms with Crippen LogP contribution in [0.2, 0.25) is 5.02 Å². The van der Waals surface area contributed by atoms with E-state index < -0.39 is 0 Å². The van der Waals surface area contributed by atoms with Gasteiger partial charge in [-0.25, -0.2) is 0 Å². The quantitative estimate of drug-likeness (QED) is 0.601. The van der Waals surface area contributed by atoms with Crippen molar-refractivity contribution in [1.29, 1.82) is 0 Å². The Labute approximate surface area is 190 Å². The highest BCUT2D eigenvalue weighted by Crippen LogP contribution is 2.27. The standard InChI is InChI=1S/C24H32ClN3O3/c1-19(17-27-12-14-31-15-13-27)28(18-20-6-4-3-5-7-20)11-10-24(29)26-22-16-21(25)8-9-23(22)30-2/h3-9,16,19H,10-15,17-18H2,1-2H3,(H,26,29). The van der Waals surface area contributed by atoms with Gasteiger partial charge in [0.1, 0.15) is 5.75 Å². The number of morpholine rings is 1. The molecule has 0 bridgehead atoms. The summed E-state index contributed by atoms with van der Waals surface area (Å²) in [5.41, 5.74) is 1.84. The Morgan fingerprint density at radius 1 is 1.23 bits per heavy atom. The maximum atomic E-state index is 12.7. The highest BCUT2D eigenvalue weighted by Gasteiger charge is 2.20. The van der Waals surface area contributed by atoms with E-state index in [-0.39, 0.29) is 5.91 Å². The van der Waals surface area contributed by atoms with E-state index in [2.05, 4.69) is 46.3 Å². The first-order valence-electron chi connectivity index (χ1n) is 10.8. The van der Waals surface area contributed by atoms with Crippen LogP contribution in [0.5, 0.6) is 5.75 Å². The fourth-order valence-electron chi connectivity index (χ4n) is 3.78. The van der Waals surface area contributed by atoms with Crippen LogP contribution in [0.25, 0.3) is 0 Å². The van der Waals surface area contributed by atoms with E-state index in [1.807, 2.05) is 6.07 Å². The number of anilines is 1. The molecule has 2 aromatic rings. The minimum absolute atomic E-state index is 0.0581. The zero-order valence-electron chi connectivity index (χ0n) is 18.4. The third-order valence-electron chi connectivity index (χ3n) is 5.54. The number of rotatable bonds is 10. The number of carbonyl (C=O) groups is 1. The van der Waals surface area contributed by atoms with Crippen molar-refractivity contribution < 1.29 is 14.3 Å². The summed E-state index contributed by atoms with van der Waals surface area (Å²) >= 11 is 6.08. The second-order valence-corrected chi connectivity index (χ2v) is 8.30. The van der Waals surface area contributed by atoms with Crippen LogP contribution >= 0.6 is 11.6 Å². The Hall–Kier alpha value is -2.12. The van der Waals surface area contributed by atoms with Gasteiger partial charge in [0.2, 0.25) is 5.91 Å². The van der Waals surface area contributed by atoms with E-state index in [1.54, 1.807) is 25.3 Å². The Morgan fingerprint density at radius 3 is 2.68 bits per heavy atom. The smallest absolute Gasteiger partial charge is 0.225 e.